The molecule has 5 nitrogen and oxygen atoms in total. The molecule has 150 valence electrons. The number of hydrogen-bond acceptors (Lipinski definition) is 4. The summed E-state index contributed by atoms with van der Waals surface area (Å²) in [5.41, 5.74) is 5.99. The van der Waals surface area contributed by atoms with Crippen molar-refractivity contribution in [3.05, 3.63) is 96.8 Å². The number of nitrogens with zero attached hydrogens (tertiary/aromatic N) is 4. The van der Waals surface area contributed by atoms with E-state index >= 15 is 0 Å². The van der Waals surface area contributed by atoms with Gasteiger partial charge in [0, 0.05) is 28.5 Å². The number of aryl methyl sites for hydroxylation is 1. The second-order valence-electron chi connectivity index (χ2n) is 7.19. The van der Waals surface area contributed by atoms with Gasteiger partial charge in [-0.3, -0.25) is 4.98 Å². The van der Waals surface area contributed by atoms with Gasteiger partial charge in [-0.05, 0) is 55.5 Å². The van der Waals surface area contributed by atoms with E-state index in [1.807, 2.05) is 85.9 Å². The number of para-hydroxylation sites is 2. The van der Waals surface area contributed by atoms with Crippen LogP contribution in [-0.2, 0) is 0 Å². The second-order valence-corrected chi connectivity index (χ2v) is 7.57. The maximum absolute atomic E-state index is 5.63. The van der Waals surface area contributed by atoms with Gasteiger partial charge in [0.15, 0.2) is 5.11 Å². The normalized spacial score (nSPS) is 10.9. The number of pyridine rings is 2. The third-order valence-electron chi connectivity index (χ3n) is 4.95. The molecule has 0 unspecified atom stereocenters. The average molecular weight is 422 g/mol. The third kappa shape index (κ3) is 3.93. The molecule has 0 aliphatic heterocycles. The number of fused-ring (bicyclic) bond motifs is 1. The van der Waals surface area contributed by atoms with Crippen LogP contribution in [0, 0.1) is 6.92 Å². The summed E-state index contributed by atoms with van der Waals surface area (Å²) in [6.07, 6.45) is 1.91. The molecule has 0 bridgehead atoms. The quantitative estimate of drug-likeness (QED) is 0.378. The van der Waals surface area contributed by atoms with Crippen molar-refractivity contribution >= 4 is 33.9 Å². The topological polar surface area (TPSA) is 55.6 Å². The molecular formula is C25H19N5S. The minimum Gasteiger partial charge on any atom is -0.331 e. The molecule has 0 fully saturated rings. The van der Waals surface area contributed by atoms with Crippen molar-refractivity contribution in [2.75, 3.05) is 5.32 Å². The Morgan fingerprint density at radius 3 is 2.45 bits per heavy atom. The summed E-state index contributed by atoms with van der Waals surface area (Å²) in [6.45, 7) is 1.97. The molecule has 2 aromatic carbocycles. The van der Waals surface area contributed by atoms with Gasteiger partial charge in [-0.2, -0.15) is 5.10 Å². The monoisotopic (exact) mass is 421 g/mol. The summed E-state index contributed by atoms with van der Waals surface area (Å²) in [6, 6.07) is 27.9. The summed E-state index contributed by atoms with van der Waals surface area (Å²) in [5, 5.41) is 9.59. The molecule has 3 aromatic heterocycles. The van der Waals surface area contributed by atoms with Crippen molar-refractivity contribution in [3.8, 4) is 22.6 Å². The van der Waals surface area contributed by atoms with E-state index in [0.29, 0.717) is 5.11 Å². The lowest BCUT2D eigenvalue weighted by Gasteiger charge is -2.07. The minimum absolute atomic E-state index is 0.479. The molecule has 0 spiro atoms. The Morgan fingerprint density at radius 1 is 0.806 bits per heavy atom. The highest BCUT2D eigenvalue weighted by atomic mass is 32.1. The molecule has 0 amide bonds. The second kappa shape index (κ2) is 8.08. The van der Waals surface area contributed by atoms with E-state index in [-0.39, 0.29) is 0 Å². The number of aromatic nitrogens is 4. The predicted octanol–water partition coefficient (Wildman–Crippen LogP) is 5.71. The number of benzene rings is 2. The highest BCUT2D eigenvalue weighted by Crippen LogP contribution is 2.30. The molecule has 0 saturated carbocycles. The zero-order valence-corrected chi connectivity index (χ0v) is 17.7. The van der Waals surface area contributed by atoms with Crippen LogP contribution in [0.15, 0.2) is 91.1 Å². The number of hydrogen-bond donors (Lipinski definition) is 1. The highest BCUT2D eigenvalue weighted by molar-refractivity contribution is 7.80. The van der Waals surface area contributed by atoms with E-state index in [2.05, 4.69) is 22.4 Å². The van der Waals surface area contributed by atoms with Crippen molar-refractivity contribution < 1.29 is 0 Å². The van der Waals surface area contributed by atoms with Crippen molar-refractivity contribution in [2.24, 2.45) is 0 Å². The smallest absolute Gasteiger partial charge is 0.198 e. The average Bonchev–Trinajstić information content (AvgIpc) is 3.25. The van der Waals surface area contributed by atoms with Gasteiger partial charge in [0.2, 0.25) is 0 Å². The Balaban J connectivity index is 1.62. The van der Waals surface area contributed by atoms with Crippen LogP contribution < -0.4 is 5.32 Å². The largest absolute Gasteiger partial charge is 0.331 e. The SMILES string of the molecule is Cc1cccc(-c2nn(C(=S)Nc3ccccc3)cc2-c2ccc3ccccc3n2)n1. The first kappa shape index (κ1) is 19.1. The summed E-state index contributed by atoms with van der Waals surface area (Å²) < 4.78 is 1.67. The molecule has 0 saturated heterocycles. The lowest BCUT2D eigenvalue weighted by molar-refractivity contribution is 0.947. The summed E-state index contributed by atoms with van der Waals surface area (Å²) in [4.78, 5) is 9.55. The molecule has 0 aliphatic rings. The van der Waals surface area contributed by atoms with E-state index < -0.39 is 0 Å². The van der Waals surface area contributed by atoms with E-state index in [0.717, 1.165) is 44.9 Å². The third-order valence-corrected chi connectivity index (χ3v) is 5.24. The van der Waals surface area contributed by atoms with Gasteiger partial charge in [-0.25, -0.2) is 9.67 Å². The van der Waals surface area contributed by atoms with Gasteiger partial charge in [-0.1, -0.05) is 48.5 Å². The molecule has 31 heavy (non-hydrogen) atoms. The van der Waals surface area contributed by atoms with Crippen LogP contribution in [0.2, 0.25) is 0 Å². The van der Waals surface area contributed by atoms with Gasteiger partial charge >= 0.3 is 0 Å². The van der Waals surface area contributed by atoms with Crippen molar-refractivity contribution in [1.82, 2.24) is 19.7 Å². The maximum atomic E-state index is 5.63. The zero-order valence-electron chi connectivity index (χ0n) is 16.9. The lowest BCUT2D eigenvalue weighted by atomic mass is 10.1. The van der Waals surface area contributed by atoms with Crippen LogP contribution in [0.4, 0.5) is 5.69 Å². The fourth-order valence-corrected chi connectivity index (χ4v) is 3.66. The first-order chi connectivity index (χ1) is 15.2. The Labute approximate surface area is 185 Å². The highest BCUT2D eigenvalue weighted by Gasteiger charge is 2.17. The van der Waals surface area contributed by atoms with E-state index in [1.54, 1.807) is 4.68 Å². The van der Waals surface area contributed by atoms with E-state index in [4.69, 9.17) is 22.3 Å². The van der Waals surface area contributed by atoms with E-state index in [1.165, 1.54) is 0 Å². The zero-order chi connectivity index (χ0) is 21.2. The van der Waals surface area contributed by atoms with Gasteiger partial charge in [-0.15, -0.1) is 0 Å². The Morgan fingerprint density at radius 2 is 1.61 bits per heavy atom. The van der Waals surface area contributed by atoms with Crippen molar-refractivity contribution in [2.45, 2.75) is 6.92 Å². The Kier molecular flexibility index (Phi) is 4.98. The maximum Gasteiger partial charge on any atom is 0.198 e. The molecule has 6 heteroatoms. The number of rotatable bonds is 3. The molecule has 5 rings (SSSR count). The van der Waals surface area contributed by atoms with E-state index in [9.17, 15) is 0 Å². The van der Waals surface area contributed by atoms with Gasteiger partial charge in [0.05, 0.1) is 16.9 Å². The van der Waals surface area contributed by atoms with Crippen LogP contribution in [0.3, 0.4) is 0 Å². The lowest BCUT2D eigenvalue weighted by Crippen LogP contribution is -2.19. The van der Waals surface area contributed by atoms with Crippen LogP contribution in [0.5, 0.6) is 0 Å². The minimum atomic E-state index is 0.479. The summed E-state index contributed by atoms with van der Waals surface area (Å²) >= 11 is 5.63. The molecule has 5 aromatic rings. The fourth-order valence-electron chi connectivity index (χ4n) is 3.45. The molecule has 0 radical (unpaired) electrons. The molecule has 0 aliphatic carbocycles. The molecule has 0 atom stereocenters. The Bertz CT molecular complexity index is 1390. The van der Waals surface area contributed by atoms with Crippen LogP contribution in [-0.4, -0.2) is 24.9 Å². The standard InChI is InChI=1S/C25H19N5S/c1-17-8-7-13-23(26-17)24-20(22-15-14-18-9-5-6-12-21(18)28-22)16-30(29-24)25(31)27-19-10-3-2-4-11-19/h2-16H,1H3,(H,27,31). The van der Waals surface area contributed by atoms with Crippen LogP contribution in [0.25, 0.3) is 33.5 Å². The van der Waals surface area contributed by atoms with Crippen molar-refractivity contribution in [1.29, 1.82) is 0 Å². The first-order valence-electron chi connectivity index (χ1n) is 9.94. The molecule has 3 heterocycles. The van der Waals surface area contributed by atoms with Crippen LogP contribution >= 0.6 is 12.2 Å². The Hall–Kier alpha value is -3.90. The molecule has 1 N–H and O–H groups in total. The number of anilines is 1. The molecular weight excluding hydrogens is 402 g/mol. The summed E-state index contributed by atoms with van der Waals surface area (Å²) in [7, 11) is 0. The fraction of sp³-hybridized carbons (Fsp3) is 0.0400. The summed E-state index contributed by atoms with van der Waals surface area (Å²) in [5.74, 6) is 0. The van der Waals surface area contributed by atoms with Gasteiger partial charge in [0.25, 0.3) is 0 Å². The van der Waals surface area contributed by atoms with Gasteiger partial charge in [0.1, 0.15) is 5.69 Å². The van der Waals surface area contributed by atoms with Crippen molar-refractivity contribution in [3.63, 3.8) is 0 Å². The first-order valence-corrected chi connectivity index (χ1v) is 10.3. The van der Waals surface area contributed by atoms with Crippen LogP contribution in [0.1, 0.15) is 5.69 Å². The number of nitrogens with one attached hydrogen (secondary N) is 1. The van der Waals surface area contributed by atoms with Gasteiger partial charge < -0.3 is 5.32 Å². The number of thiocarbonyl (C=S) groups is 1. The predicted molar refractivity (Wildman–Crippen MR) is 129 cm³/mol.